The molecule has 0 aromatic carbocycles. The van der Waals surface area contributed by atoms with Gasteiger partial charge in [0.1, 0.15) is 0 Å². The lowest BCUT2D eigenvalue weighted by Crippen LogP contribution is -2.36. The fraction of sp³-hybridized carbons (Fsp3) is 0.538. The number of carbonyl (C=O) groups excluding carboxylic acids is 1. The van der Waals surface area contributed by atoms with Crippen molar-refractivity contribution in [2.45, 2.75) is 33.7 Å². The van der Waals surface area contributed by atoms with Gasteiger partial charge in [-0.3, -0.25) is 9.59 Å². The maximum Gasteiger partial charge on any atom is 0.309 e. The Hall–Kier alpha value is -0.880. The van der Waals surface area contributed by atoms with Crippen LogP contribution in [0.15, 0.2) is 15.9 Å². The maximum absolute atomic E-state index is 12.2. The molecular weight excluding hydrogens is 330 g/mol. The lowest BCUT2D eigenvalue weighted by atomic mass is 9.89. The van der Waals surface area contributed by atoms with Crippen molar-refractivity contribution in [2.75, 3.05) is 6.54 Å². The zero-order valence-electron chi connectivity index (χ0n) is 11.3. The van der Waals surface area contributed by atoms with Crippen LogP contribution in [0.2, 0.25) is 0 Å². The highest BCUT2D eigenvalue weighted by molar-refractivity contribution is 9.11. The highest BCUT2D eigenvalue weighted by Crippen LogP contribution is 2.25. The van der Waals surface area contributed by atoms with Gasteiger partial charge in [0.15, 0.2) is 0 Å². The molecule has 106 valence electrons. The molecule has 0 fully saturated rings. The van der Waals surface area contributed by atoms with E-state index in [-0.39, 0.29) is 12.3 Å². The first-order chi connectivity index (χ1) is 8.76. The van der Waals surface area contributed by atoms with E-state index in [4.69, 9.17) is 5.11 Å². The van der Waals surface area contributed by atoms with Gasteiger partial charge in [-0.15, -0.1) is 11.3 Å². The molecule has 0 saturated heterocycles. The zero-order chi connectivity index (χ0) is 14.6. The van der Waals surface area contributed by atoms with Gasteiger partial charge >= 0.3 is 5.97 Å². The smallest absolute Gasteiger partial charge is 0.309 e. The van der Waals surface area contributed by atoms with E-state index in [0.717, 1.165) is 8.66 Å². The summed E-state index contributed by atoms with van der Waals surface area (Å²) >= 11 is 4.97. The minimum absolute atomic E-state index is 0.0166. The third kappa shape index (κ3) is 4.62. The minimum atomic E-state index is -1.03. The van der Waals surface area contributed by atoms with Gasteiger partial charge in [-0.05, 0) is 48.8 Å². The molecule has 4 nitrogen and oxygen atoms in total. The maximum atomic E-state index is 12.2. The second kappa shape index (κ2) is 6.52. The van der Waals surface area contributed by atoms with E-state index >= 15 is 0 Å². The third-order valence-corrected chi connectivity index (χ3v) is 4.49. The van der Waals surface area contributed by atoms with Crippen LogP contribution in [0.25, 0.3) is 0 Å². The Morgan fingerprint density at radius 1 is 1.42 bits per heavy atom. The molecule has 1 amide bonds. The summed E-state index contributed by atoms with van der Waals surface area (Å²) in [6.45, 7) is 6.14. The first kappa shape index (κ1) is 16.2. The molecule has 1 aromatic rings. The number of thiophene rings is 1. The van der Waals surface area contributed by atoms with E-state index in [1.54, 1.807) is 30.1 Å². The van der Waals surface area contributed by atoms with E-state index < -0.39 is 11.4 Å². The van der Waals surface area contributed by atoms with Crippen LogP contribution in [0.4, 0.5) is 0 Å². The van der Waals surface area contributed by atoms with Gasteiger partial charge in [0.05, 0.1) is 15.7 Å². The minimum Gasteiger partial charge on any atom is -0.481 e. The molecule has 0 saturated carbocycles. The second-order valence-electron chi connectivity index (χ2n) is 4.98. The average molecular weight is 348 g/mol. The summed E-state index contributed by atoms with van der Waals surface area (Å²) in [4.78, 5) is 26.0. The first-order valence-electron chi connectivity index (χ1n) is 6.01. The number of nitrogens with zero attached hydrogens (tertiary/aromatic N) is 1. The summed E-state index contributed by atoms with van der Waals surface area (Å²) in [7, 11) is 0. The van der Waals surface area contributed by atoms with Crippen molar-refractivity contribution >= 4 is 39.1 Å². The Morgan fingerprint density at radius 2 is 2.05 bits per heavy atom. The van der Waals surface area contributed by atoms with Gasteiger partial charge in [-0.25, -0.2) is 0 Å². The second-order valence-corrected chi connectivity index (χ2v) is 7.53. The van der Waals surface area contributed by atoms with Crippen molar-refractivity contribution in [1.29, 1.82) is 0 Å². The van der Waals surface area contributed by atoms with Crippen molar-refractivity contribution in [3.05, 3.63) is 20.8 Å². The number of aliphatic carboxylic acids is 1. The molecule has 0 aliphatic heterocycles. The summed E-state index contributed by atoms with van der Waals surface area (Å²) < 4.78 is 1.02. The van der Waals surface area contributed by atoms with Gasteiger partial charge in [0.2, 0.25) is 5.91 Å². The van der Waals surface area contributed by atoms with Crippen molar-refractivity contribution < 1.29 is 14.7 Å². The molecule has 6 heteroatoms. The zero-order valence-corrected chi connectivity index (χ0v) is 13.7. The first-order valence-corrected chi connectivity index (χ1v) is 7.62. The standard InChI is InChI=1S/C13H18BrNO3S/c1-4-15(8-9-5-6-10(14)19-9)11(16)7-13(2,3)12(17)18/h5-6H,4,7-8H2,1-3H3,(H,17,18). The SMILES string of the molecule is CCN(Cc1ccc(Br)s1)C(=O)CC(C)(C)C(=O)O. The lowest BCUT2D eigenvalue weighted by molar-refractivity contribution is -0.151. The summed E-state index contributed by atoms with van der Waals surface area (Å²) in [6, 6.07) is 3.91. The number of amides is 1. The van der Waals surface area contributed by atoms with E-state index in [0.29, 0.717) is 13.1 Å². The number of halogens is 1. The molecule has 0 bridgehead atoms. The van der Waals surface area contributed by atoms with Gasteiger partial charge in [-0.1, -0.05) is 0 Å². The summed E-state index contributed by atoms with van der Waals surface area (Å²) in [5.41, 5.74) is -1.03. The molecule has 0 radical (unpaired) electrons. The van der Waals surface area contributed by atoms with E-state index in [1.165, 1.54) is 0 Å². The Labute approximate surface area is 125 Å². The van der Waals surface area contributed by atoms with Crippen LogP contribution < -0.4 is 0 Å². The summed E-state index contributed by atoms with van der Waals surface area (Å²) in [5, 5.41) is 9.06. The topological polar surface area (TPSA) is 57.6 Å². The van der Waals surface area contributed by atoms with Crippen LogP contribution >= 0.6 is 27.3 Å². The number of rotatable bonds is 6. The molecule has 19 heavy (non-hydrogen) atoms. The van der Waals surface area contributed by atoms with Crippen molar-refractivity contribution in [3.8, 4) is 0 Å². The fourth-order valence-corrected chi connectivity index (χ4v) is 3.07. The highest BCUT2D eigenvalue weighted by atomic mass is 79.9. The normalized spacial score (nSPS) is 11.4. The lowest BCUT2D eigenvalue weighted by Gasteiger charge is -2.25. The number of carbonyl (C=O) groups is 2. The number of carboxylic acid groups (broad SMARTS) is 1. The number of carboxylic acids is 1. The quantitative estimate of drug-likeness (QED) is 0.858. The van der Waals surface area contributed by atoms with Gasteiger partial charge in [0.25, 0.3) is 0 Å². The summed E-state index contributed by atoms with van der Waals surface area (Å²) in [5.74, 6) is -1.07. The summed E-state index contributed by atoms with van der Waals surface area (Å²) in [6.07, 6.45) is 0.0166. The van der Waals surface area contributed by atoms with Crippen molar-refractivity contribution in [2.24, 2.45) is 5.41 Å². The number of hydrogen-bond acceptors (Lipinski definition) is 3. The number of hydrogen-bond donors (Lipinski definition) is 1. The molecule has 0 unspecified atom stereocenters. The predicted octanol–water partition coefficient (Wildman–Crippen LogP) is 3.36. The monoisotopic (exact) mass is 347 g/mol. The molecule has 1 heterocycles. The molecule has 1 aromatic heterocycles. The Kier molecular flexibility index (Phi) is 5.55. The van der Waals surface area contributed by atoms with E-state index in [9.17, 15) is 9.59 Å². The molecular formula is C13H18BrNO3S. The average Bonchev–Trinajstić information content (AvgIpc) is 2.70. The van der Waals surface area contributed by atoms with Crippen molar-refractivity contribution in [1.82, 2.24) is 4.90 Å². The van der Waals surface area contributed by atoms with E-state index in [2.05, 4.69) is 15.9 Å². The Morgan fingerprint density at radius 3 is 2.47 bits per heavy atom. The van der Waals surface area contributed by atoms with Crippen LogP contribution in [0.1, 0.15) is 32.1 Å². The fourth-order valence-electron chi connectivity index (χ4n) is 1.57. The van der Waals surface area contributed by atoms with Crippen LogP contribution in [0, 0.1) is 5.41 Å². The molecule has 0 atom stereocenters. The highest BCUT2D eigenvalue weighted by Gasteiger charge is 2.31. The third-order valence-electron chi connectivity index (χ3n) is 2.88. The predicted molar refractivity (Wildman–Crippen MR) is 79.1 cm³/mol. The molecule has 1 rings (SSSR count). The molecule has 0 spiro atoms. The van der Waals surface area contributed by atoms with Crippen LogP contribution in [0.3, 0.4) is 0 Å². The van der Waals surface area contributed by atoms with E-state index in [1.807, 2.05) is 19.1 Å². The molecule has 0 aliphatic carbocycles. The van der Waals surface area contributed by atoms with Crippen LogP contribution in [0.5, 0.6) is 0 Å². The van der Waals surface area contributed by atoms with Gasteiger partial charge < -0.3 is 10.0 Å². The van der Waals surface area contributed by atoms with Crippen LogP contribution in [-0.2, 0) is 16.1 Å². The Balaban J connectivity index is 2.69. The van der Waals surface area contributed by atoms with Gasteiger partial charge in [0, 0.05) is 17.8 Å². The molecule has 1 N–H and O–H groups in total. The van der Waals surface area contributed by atoms with Gasteiger partial charge in [-0.2, -0.15) is 0 Å². The Bertz CT molecular complexity index is 470. The van der Waals surface area contributed by atoms with Crippen LogP contribution in [-0.4, -0.2) is 28.4 Å². The molecule has 0 aliphatic rings. The largest absolute Gasteiger partial charge is 0.481 e. The van der Waals surface area contributed by atoms with Crippen molar-refractivity contribution in [3.63, 3.8) is 0 Å².